The van der Waals surface area contributed by atoms with E-state index >= 15 is 0 Å². The molecule has 0 bridgehead atoms. The van der Waals surface area contributed by atoms with Gasteiger partial charge in [-0.25, -0.2) is 4.98 Å². The van der Waals surface area contributed by atoms with Gasteiger partial charge in [0, 0.05) is 32.5 Å². The van der Waals surface area contributed by atoms with Crippen LogP contribution in [0.4, 0.5) is 0 Å². The zero-order valence-electron chi connectivity index (χ0n) is 22.2. The van der Waals surface area contributed by atoms with Crippen LogP contribution in [0.3, 0.4) is 0 Å². The lowest BCUT2D eigenvalue weighted by Crippen LogP contribution is -2.57. The molecule has 9 nitrogen and oxygen atoms in total. The van der Waals surface area contributed by atoms with Crippen LogP contribution in [-0.4, -0.2) is 70.7 Å². The summed E-state index contributed by atoms with van der Waals surface area (Å²) in [5.74, 6) is -1.000. The Morgan fingerprint density at radius 2 is 1.95 bits per heavy atom. The van der Waals surface area contributed by atoms with Crippen molar-refractivity contribution in [2.75, 3.05) is 19.8 Å². The number of aryl methyl sites for hydroxylation is 1. The lowest BCUT2D eigenvalue weighted by molar-refractivity contribution is -0.144. The average molecular weight is 531 g/mol. The minimum Gasteiger partial charge on any atom is -0.391 e. The summed E-state index contributed by atoms with van der Waals surface area (Å²) in [6.07, 6.45) is -0.520. The van der Waals surface area contributed by atoms with E-state index in [9.17, 15) is 19.5 Å². The fraction of sp³-hybridized carbons (Fsp3) is 0.556. The maximum atomic E-state index is 13.6. The first-order valence-electron chi connectivity index (χ1n) is 12.6. The van der Waals surface area contributed by atoms with E-state index < -0.39 is 23.6 Å². The first-order valence-corrected chi connectivity index (χ1v) is 13.5. The van der Waals surface area contributed by atoms with Crippen LogP contribution in [0.15, 0.2) is 29.8 Å². The average Bonchev–Trinajstić information content (AvgIpc) is 3.46. The fourth-order valence-corrected chi connectivity index (χ4v) is 5.13. The van der Waals surface area contributed by atoms with Crippen molar-refractivity contribution in [1.29, 1.82) is 0 Å². The van der Waals surface area contributed by atoms with Gasteiger partial charge in [0.15, 0.2) is 0 Å². The highest BCUT2D eigenvalue weighted by atomic mass is 32.1. The topological polar surface area (TPSA) is 121 Å². The van der Waals surface area contributed by atoms with Crippen molar-refractivity contribution in [3.05, 3.63) is 41.0 Å². The van der Waals surface area contributed by atoms with E-state index in [1.54, 1.807) is 11.3 Å². The fourth-order valence-electron chi connectivity index (χ4n) is 4.32. The van der Waals surface area contributed by atoms with Crippen LogP contribution in [0.2, 0.25) is 0 Å². The molecule has 3 N–H and O–H groups in total. The van der Waals surface area contributed by atoms with Gasteiger partial charge in [0.2, 0.25) is 17.7 Å². The van der Waals surface area contributed by atoms with Crippen LogP contribution in [0.1, 0.15) is 51.8 Å². The number of likely N-dealkylation sites (tertiary alicyclic amines) is 1. The molecule has 2 aromatic rings. The number of rotatable bonds is 10. The lowest BCUT2D eigenvalue weighted by Gasteiger charge is -2.35. The molecular weight excluding hydrogens is 492 g/mol. The summed E-state index contributed by atoms with van der Waals surface area (Å²) in [5, 5.41) is 16.0. The summed E-state index contributed by atoms with van der Waals surface area (Å²) in [6, 6.07) is 6.25. The van der Waals surface area contributed by atoms with Gasteiger partial charge in [-0.3, -0.25) is 14.4 Å². The zero-order valence-corrected chi connectivity index (χ0v) is 23.1. The molecule has 1 fully saturated rings. The molecule has 2 heterocycles. The number of hydrogen-bond acceptors (Lipinski definition) is 7. The summed E-state index contributed by atoms with van der Waals surface area (Å²) in [7, 11) is 0. The van der Waals surface area contributed by atoms with E-state index in [1.807, 2.05) is 64.4 Å². The number of nitrogens with one attached hydrogen (secondary N) is 2. The minimum absolute atomic E-state index is 0.0429. The van der Waals surface area contributed by atoms with Crippen molar-refractivity contribution in [2.24, 2.45) is 5.41 Å². The summed E-state index contributed by atoms with van der Waals surface area (Å²) >= 11 is 1.58. The van der Waals surface area contributed by atoms with Crippen molar-refractivity contribution in [3.63, 3.8) is 0 Å². The standard InChI is InChI=1S/C27H38N4O5S/c1-6-36-12-11-22(33)30-24(27(3,4)5)26(35)31-15-20(32)13-21(31)25(34)28-14-18-7-9-19(10-8-18)23-17(2)29-16-37-23/h7-10,16,20-21,24,32H,6,11-15H2,1-5H3,(H,28,34)(H,30,33)/t20-,21+,24-/m1/s1. The highest BCUT2D eigenvalue weighted by Crippen LogP contribution is 2.28. The number of β-amino-alcohol motifs (C(OH)–C–C–N with tert-alkyl or cyclic N) is 1. The maximum Gasteiger partial charge on any atom is 0.246 e. The first-order chi connectivity index (χ1) is 17.5. The summed E-state index contributed by atoms with van der Waals surface area (Å²) < 4.78 is 5.24. The van der Waals surface area contributed by atoms with Gasteiger partial charge in [-0.1, -0.05) is 45.0 Å². The predicted molar refractivity (Wildman–Crippen MR) is 143 cm³/mol. The molecule has 1 aromatic carbocycles. The van der Waals surface area contributed by atoms with Crippen LogP contribution in [-0.2, 0) is 25.7 Å². The molecule has 0 spiro atoms. The number of hydrogen-bond donors (Lipinski definition) is 3. The summed E-state index contributed by atoms with van der Waals surface area (Å²) in [4.78, 5) is 45.9. The van der Waals surface area contributed by atoms with Gasteiger partial charge in [0.05, 0.1) is 28.8 Å². The first kappa shape index (κ1) is 28.7. The van der Waals surface area contributed by atoms with Gasteiger partial charge in [-0.2, -0.15) is 0 Å². The van der Waals surface area contributed by atoms with Crippen molar-refractivity contribution in [2.45, 2.75) is 72.2 Å². The molecular formula is C27H38N4O5S. The Hall–Kier alpha value is -2.82. The molecule has 3 atom stereocenters. The number of carbonyl (C=O) groups excluding carboxylic acids is 3. The molecule has 202 valence electrons. The van der Waals surface area contributed by atoms with Crippen molar-refractivity contribution in [1.82, 2.24) is 20.5 Å². The predicted octanol–water partition coefficient (Wildman–Crippen LogP) is 2.65. The Labute approximate surface area is 222 Å². The highest BCUT2D eigenvalue weighted by molar-refractivity contribution is 7.13. The van der Waals surface area contributed by atoms with Crippen LogP contribution in [0.25, 0.3) is 10.4 Å². The van der Waals surface area contributed by atoms with E-state index in [2.05, 4.69) is 15.6 Å². The quantitative estimate of drug-likeness (QED) is 0.406. The number of thiazole rings is 1. The third-order valence-corrected chi connectivity index (χ3v) is 7.37. The molecule has 0 saturated carbocycles. The Morgan fingerprint density at radius 1 is 1.24 bits per heavy atom. The molecule has 1 aliphatic heterocycles. The second-order valence-corrected chi connectivity index (χ2v) is 11.2. The van der Waals surface area contributed by atoms with Gasteiger partial charge in [0.1, 0.15) is 12.1 Å². The molecule has 3 amide bonds. The lowest BCUT2D eigenvalue weighted by atomic mass is 9.85. The molecule has 0 unspecified atom stereocenters. The Kier molecular flexibility index (Phi) is 9.80. The number of benzene rings is 1. The van der Waals surface area contributed by atoms with Crippen molar-refractivity contribution >= 4 is 29.1 Å². The molecule has 10 heteroatoms. The Morgan fingerprint density at radius 3 is 2.54 bits per heavy atom. The summed E-state index contributed by atoms with van der Waals surface area (Å²) in [6.45, 7) is 10.5. The van der Waals surface area contributed by atoms with Crippen LogP contribution in [0.5, 0.6) is 0 Å². The molecule has 1 aromatic heterocycles. The number of aromatic nitrogens is 1. The Bertz CT molecular complexity index is 1080. The second kappa shape index (κ2) is 12.6. The van der Waals surface area contributed by atoms with Crippen LogP contribution < -0.4 is 10.6 Å². The van der Waals surface area contributed by atoms with E-state index in [4.69, 9.17) is 4.74 Å². The maximum absolute atomic E-state index is 13.6. The SMILES string of the molecule is CCOCCC(=O)N[C@H](C(=O)N1C[C@H](O)C[C@H]1C(=O)NCc1ccc(-c2scnc2C)cc1)C(C)(C)C. The van der Waals surface area contributed by atoms with E-state index in [1.165, 1.54) is 4.90 Å². The Balaban J connectivity index is 1.65. The number of amides is 3. The number of aliphatic hydroxyl groups is 1. The van der Waals surface area contributed by atoms with E-state index in [-0.39, 0.29) is 43.7 Å². The second-order valence-electron chi connectivity index (χ2n) is 10.4. The smallest absolute Gasteiger partial charge is 0.246 e. The molecule has 0 radical (unpaired) electrons. The number of aliphatic hydroxyl groups excluding tert-OH is 1. The van der Waals surface area contributed by atoms with Gasteiger partial charge >= 0.3 is 0 Å². The third-order valence-electron chi connectivity index (χ3n) is 6.39. The van der Waals surface area contributed by atoms with Gasteiger partial charge in [-0.15, -0.1) is 11.3 Å². The van der Waals surface area contributed by atoms with Gasteiger partial charge < -0.3 is 25.4 Å². The molecule has 0 aliphatic carbocycles. The largest absolute Gasteiger partial charge is 0.391 e. The highest BCUT2D eigenvalue weighted by Gasteiger charge is 2.44. The minimum atomic E-state index is -0.843. The van der Waals surface area contributed by atoms with E-state index in [0.717, 1.165) is 21.7 Å². The van der Waals surface area contributed by atoms with E-state index in [0.29, 0.717) is 13.2 Å². The molecule has 3 rings (SSSR count). The van der Waals surface area contributed by atoms with Crippen molar-refractivity contribution in [3.8, 4) is 10.4 Å². The van der Waals surface area contributed by atoms with Crippen LogP contribution >= 0.6 is 11.3 Å². The number of carbonyl (C=O) groups is 3. The van der Waals surface area contributed by atoms with Gasteiger partial charge in [-0.05, 0) is 30.4 Å². The zero-order chi connectivity index (χ0) is 27.2. The van der Waals surface area contributed by atoms with Crippen LogP contribution in [0, 0.1) is 12.3 Å². The monoisotopic (exact) mass is 530 g/mol. The molecule has 37 heavy (non-hydrogen) atoms. The number of nitrogens with zero attached hydrogens (tertiary/aromatic N) is 2. The molecule has 1 saturated heterocycles. The molecule has 1 aliphatic rings. The van der Waals surface area contributed by atoms with Crippen molar-refractivity contribution < 1.29 is 24.2 Å². The summed E-state index contributed by atoms with van der Waals surface area (Å²) in [5.41, 5.74) is 4.20. The third kappa shape index (κ3) is 7.59. The normalized spacial score (nSPS) is 18.5. The van der Waals surface area contributed by atoms with Gasteiger partial charge in [0.25, 0.3) is 0 Å². The number of ether oxygens (including phenoxy) is 1.